The molecule has 0 atom stereocenters. The molecular formula is C14H17F2N. The van der Waals surface area contributed by atoms with Crippen LogP contribution in [-0.4, -0.2) is 18.2 Å². The summed E-state index contributed by atoms with van der Waals surface area (Å²) < 4.78 is 26.0. The molecule has 0 radical (unpaired) electrons. The predicted molar refractivity (Wildman–Crippen MR) is 65.9 cm³/mol. The molecule has 1 nitrogen and oxygen atoms in total. The monoisotopic (exact) mass is 237 g/mol. The largest absolute Gasteiger partial charge is 0.280 e. The summed E-state index contributed by atoms with van der Waals surface area (Å²) in [4.78, 5) is 4.27. The van der Waals surface area contributed by atoms with Gasteiger partial charge in [-0.25, -0.2) is 8.78 Å². The summed E-state index contributed by atoms with van der Waals surface area (Å²) in [7, 11) is 0. The smallest absolute Gasteiger partial charge is 0.280 e. The first kappa shape index (κ1) is 12.2. The summed E-state index contributed by atoms with van der Waals surface area (Å²) in [5.41, 5.74) is 0.505. The molecule has 17 heavy (non-hydrogen) atoms. The first-order valence-corrected chi connectivity index (χ1v) is 6.18. The fourth-order valence-corrected chi connectivity index (χ4v) is 2.27. The van der Waals surface area contributed by atoms with Gasteiger partial charge in [0.25, 0.3) is 6.43 Å². The van der Waals surface area contributed by atoms with Crippen molar-refractivity contribution >= 4 is 5.71 Å². The molecule has 0 aromatic heterocycles. The first-order valence-electron chi connectivity index (χ1n) is 6.18. The van der Waals surface area contributed by atoms with Gasteiger partial charge in [0.15, 0.2) is 0 Å². The molecule has 0 heterocycles. The molecule has 3 heteroatoms. The molecule has 2 rings (SSSR count). The molecule has 1 aliphatic carbocycles. The third-order valence-corrected chi connectivity index (χ3v) is 3.17. The van der Waals surface area contributed by atoms with Crippen molar-refractivity contribution in [2.45, 2.75) is 44.6 Å². The van der Waals surface area contributed by atoms with E-state index in [2.05, 4.69) is 4.99 Å². The Morgan fingerprint density at radius 3 is 2.29 bits per heavy atom. The van der Waals surface area contributed by atoms with Gasteiger partial charge < -0.3 is 0 Å². The van der Waals surface area contributed by atoms with E-state index in [-0.39, 0.29) is 11.8 Å². The molecule has 0 amide bonds. The summed E-state index contributed by atoms with van der Waals surface area (Å²) >= 11 is 0. The zero-order valence-electron chi connectivity index (χ0n) is 9.78. The summed E-state index contributed by atoms with van der Waals surface area (Å²) in [5.74, 6) is 0. The maximum absolute atomic E-state index is 13.0. The molecule has 0 unspecified atom stereocenters. The second-order valence-corrected chi connectivity index (χ2v) is 4.47. The number of rotatable bonds is 3. The van der Waals surface area contributed by atoms with Crippen LogP contribution < -0.4 is 0 Å². The van der Waals surface area contributed by atoms with E-state index < -0.39 is 6.43 Å². The zero-order chi connectivity index (χ0) is 12.1. The molecular weight excluding hydrogens is 220 g/mol. The van der Waals surface area contributed by atoms with Crippen LogP contribution in [0.4, 0.5) is 8.78 Å². The maximum Gasteiger partial charge on any atom is 0.280 e. The number of hydrogen-bond donors (Lipinski definition) is 0. The molecule has 0 bridgehead atoms. The van der Waals surface area contributed by atoms with Crippen LogP contribution in [0.3, 0.4) is 0 Å². The molecule has 0 aliphatic heterocycles. The third-order valence-electron chi connectivity index (χ3n) is 3.17. The maximum atomic E-state index is 13.0. The van der Waals surface area contributed by atoms with Gasteiger partial charge in [-0.15, -0.1) is 0 Å². The van der Waals surface area contributed by atoms with Crippen molar-refractivity contribution in [2.75, 3.05) is 0 Å². The van der Waals surface area contributed by atoms with Crippen LogP contribution in [0.15, 0.2) is 35.3 Å². The Labute approximate surface area is 101 Å². The van der Waals surface area contributed by atoms with Gasteiger partial charge in [-0.05, 0) is 12.8 Å². The molecule has 1 aromatic carbocycles. The number of aliphatic imine (C=N–C) groups is 1. The third kappa shape index (κ3) is 3.35. The van der Waals surface area contributed by atoms with Crippen LogP contribution in [-0.2, 0) is 0 Å². The van der Waals surface area contributed by atoms with Crippen LogP contribution in [0.2, 0.25) is 0 Å². The van der Waals surface area contributed by atoms with E-state index in [9.17, 15) is 8.78 Å². The highest BCUT2D eigenvalue weighted by Crippen LogP contribution is 2.22. The van der Waals surface area contributed by atoms with Gasteiger partial charge >= 0.3 is 0 Å². The van der Waals surface area contributed by atoms with Crippen molar-refractivity contribution < 1.29 is 8.78 Å². The number of alkyl halides is 2. The van der Waals surface area contributed by atoms with Crippen molar-refractivity contribution in [1.82, 2.24) is 0 Å². The van der Waals surface area contributed by atoms with Crippen molar-refractivity contribution in [1.29, 1.82) is 0 Å². The van der Waals surface area contributed by atoms with Gasteiger partial charge in [0.1, 0.15) is 5.71 Å². The predicted octanol–water partition coefficient (Wildman–Crippen LogP) is 4.07. The summed E-state index contributed by atoms with van der Waals surface area (Å²) in [5, 5.41) is 0. The minimum absolute atomic E-state index is 0.0440. The van der Waals surface area contributed by atoms with Gasteiger partial charge in [-0.1, -0.05) is 49.6 Å². The van der Waals surface area contributed by atoms with Gasteiger partial charge in [0.2, 0.25) is 0 Å². The molecule has 1 fully saturated rings. The van der Waals surface area contributed by atoms with Gasteiger partial charge in [0.05, 0.1) is 6.04 Å². The van der Waals surface area contributed by atoms with E-state index in [1.165, 1.54) is 6.42 Å². The van der Waals surface area contributed by atoms with Crippen LogP contribution >= 0.6 is 0 Å². The highest BCUT2D eigenvalue weighted by atomic mass is 19.3. The lowest BCUT2D eigenvalue weighted by Gasteiger charge is -2.19. The average Bonchev–Trinajstić information content (AvgIpc) is 2.38. The van der Waals surface area contributed by atoms with Crippen molar-refractivity contribution in [3.05, 3.63) is 35.9 Å². The van der Waals surface area contributed by atoms with Crippen LogP contribution in [0.1, 0.15) is 37.7 Å². The van der Waals surface area contributed by atoms with E-state index in [0.717, 1.165) is 25.7 Å². The second kappa shape index (κ2) is 5.89. The fourth-order valence-electron chi connectivity index (χ4n) is 2.27. The van der Waals surface area contributed by atoms with Crippen molar-refractivity contribution in [3.63, 3.8) is 0 Å². The first-order chi connectivity index (χ1) is 8.27. The average molecular weight is 237 g/mol. The van der Waals surface area contributed by atoms with E-state index >= 15 is 0 Å². The highest BCUT2D eigenvalue weighted by Gasteiger charge is 2.19. The molecule has 0 saturated heterocycles. The molecule has 1 saturated carbocycles. The number of halogens is 2. The fraction of sp³-hybridized carbons (Fsp3) is 0.500. The minimum Gasteiger partial charge on any atom is -0.280 e. The quantitative estimate of drug-likeness (QED) is 0.702. The normalized spacial score (nSPS) is 18.6. The summed E-state index contributed by atoms with van der Waals surface area (Å²) in [6, 6.07) is 8.87. The van der Waals surface area contributed by atoms with Crippen LogP contribution in [0, 0.1) is 0 Å². The number of benzene rings is 1. The van der Waals surface area contributed by atoms with E-state index in [4.69, 9.17) is 0 Å². The Hall–Kier alpha value is -1.25. The second-order valence-electron chi connectivity index (χ2n) is 4.47. The lowest BCUT2D eigenvalue weighted by atomic mass is 9.95. The number of hydrogen-bond acceptors (Lipinski definition) is 1. The molecule has 1 aliphatic rings. The van der Waals surface area contributed by atoms with Gasteiger partial charge in [0, 0.05) is 5.56 Å². The van der Waals surface area contributed by atoms with E-state index in [0.29, 0.717) is 5.56 Å². The van der Waals surface area contributed by atoms with Crippen molar-refractivity contribution in [3.8, 4) is 0 Å². The van der Waals surface area contributed by atoms with E-state index in [1.807, 2.05) is 6.07 Å². The van der Waals surface area contributed by atoms with Crippen LogP contribution in [0.5, 0.6) is 0 Å². The highest BCUT2D eigenvalue weighted by molar-refractivity contribution is 6.02. The molecule has 0 N–H and O–H groups in total. The van der Waals surface area contributed by atoms with E-state index in [1.54, 1.807) is 24.3 Å². The molecule has 0 spiro atoms. The Bertz CT molecular complexity index is 367. The molecule has 1 aromatic rings. The topological polar surface area (TPSA) is 12.4 Å². The van der Waals surface area contributed by atoms with Crippen LogP contribution in [0.25, 0.3) is 0 Å². The summed E-state index contributed by atoms with van der Waals surface area (Å²) in [6.45, 7) is 0. The lowest BCUT2D eigenvalue weighted by molar-refractivity contribution is 0.225. The standard InChI is InChI=1S/C14H17F2N/c15-14(16)13(11-7-3-1-4-8-11)17-12-9-5-2-6-10-12/h1,3-4,7-8,12,14H,2,5-6,9-10H2. The molecule has 92 valence electrons. The SMILES string of the molecule is FC(F)C(=NC1CCCCC1)c1ccccc1. The minimum atomic E-state index is -2.49. The van der Waals surface area contributed by atoms with Crippen molar-refractivity contribution in [2.24, 2.45) is 4.99 Å². The van der Waals surface area contributed by atoms with Gasteiger partial charge in [-0.3, -0.25) is 4.99 Å². The Morgan fingerprint density at radius 2 is 1.71 bits per heavy atom. The Morgan fingerprint density at radius 1 is 1.06 bits per heavy atom. The zero-order valence-corrected chi connectivity index (χ0v) is 9.78. The summed E-state index contributed by atoms with van der Waals surface area (Å²) in [6.07, 6.45) is 2.84. The lowest BCUT2D eigenvalue weighted by Crippen LogP contribution is -2.18. The number of nitrogens with zero attached hydrogens (tertiary/aromatic N) is 1. The van der Waals surface area contributed by atoms with Gasteiger partial charge in [-0.2, -0.15) is 0 Å². The Kier molecular flexibility index (Phi) is 4.24. The Balaban J connectivity index is 2.19.